The number of ether oxygens (including phenoxy) is 1. The third-order valence-corrected chi connectivity index (χ3v) is 3.06. The number of carbonyl (C=O) groups is 1. The molecule has 22 heavy (non-hydrogen) atoms. The van der Waals surface area contributed by atoms with Gasteiger partial charge >= 0.3 is 0 Å². The molecule has 0 radical (unpaired) electrons. The molecule has 0 saturated carbocycles. The first-order valence-electron chi connectivity index (χ1n) is 7.34. The first kappa shape index (κ1) is 17.7. The maximum absolute atomic E-state index is 11.3. The van der Waals surface area contributed by atoms with Gasteiger partial charge in [-0.25, -0.2) is 0 Å². The molecule has 0 saturated heterocycles. The van der Waals surface area contributed by atoms with Crippen LogP contribution in [0.5, 0.6) is 0 Å². The molecule has 0 aromatic carbocycles. The minimum absolute atomic E-state index is 0.00512. The number of rotatable bonds is 6. The highest BCUT2D eigenvalue weighted by atomic mass is 16.5. The van der Waals surface area contributed by atoms with Gasteiger partial charge in [0, 0.05) is 23.6 Å². The predicted molar refractivity (Wildman–Crippen MR) is 88.8 cm³/mol. The number of carbonyl (C=O) groups excluding carboxylic acids is 1. The lowest BCUT2D eigenvalue weighted by Gasteiger charge is -2.24. The van der Waals surface area contributed by atoms with E-state index < -0.39 is 0 Å². The Labute approximate surface area is 133 Å². The highest BCUT2D eigenvalue weighted by Gasteiger charge is 2.21. The molecule has 0 amide bonds. The quantitative estimate of drug-likeness (QED) is 0.240. The number of hydrogen-bond donors (Lipinski definition) is 0. The number of aldehydes is 1. The summed E-state index contributed by atoms with van der Waals surface area (Å²) in [7, 11) is 0. The minimum atomic E-state index is -0.132. The molecule has 0 heterocycles. The van der Waals surface area contributed by atoms with Gasteiger partial charge in [-0.05, 0) is 30.6 Å². The minimum Gasteiger partial charge on any atom is -0.486 e. The molecule has 0 aromatic heterocycles. The average Bonchev–Trinajstić information content (AvgIpc) is 2.94. The molecule has 116 valence electrons. The Balaban J connectivity index is 3.32. The van der Waals surface area contributed by atoms with E-state index in [1.54, 1.807) is 19.1 Å². The number of nitrogens with zero attached hydrogens (tertiary/aromatic N) is 1. The number of hydrogen-bond acceptors (Lipinski definition) is 3. The molecule has 0 atom stereocenters. The van der Waals surface area contributed by atoms with Crippen molar-refractivity contribution in [1.82, 2.24) is 0 Å². The molecule has 3 heteroatoms. The summed E-state index contributed by atoms with van der Waals surface area (Å²) >= 11 is 0. The van der Waals surface area contributed by atoms with Gasteiger partial charge in [-0.2, -0.15) is 5.26 Å². The fourth-order valence-electron chi connectivity index (χ4n) is 2.09. The average molecular weight is 297 g/mol. The van der Waals surface area contributed by atoms with E-state index in [1.807, 2.05) is 30.4 Å². The van der Waals surface area contributed by atoms with Gasteiger partial charge in [0.2, 0.25) is 0 Å². The highest BCUT2D eigenvalue weighted by Crippen LogP contribution is 2.31. The molecule has 3 nitrogen and oxygen atoms in total. The third kappa shape index (κ3) is 5.57. The molecule has 0 aromatic rings. The van der Waals surface area contributed by atoms with Crippen molar-refractivity contribution in [2.75, 3.05) is 0 Å². The van der Waals surface area contributed by atoms with E-state index in [2.05, 4.69) is 20.8 Å². The summed E-state index contributed by atoms with van der Waals surface area (Å²) in [6.07, 6.45) is 13.8. The molecule has 1 rings (SSSR count). The summed E-state index contributed by atoms with van der Waals surface area (Å²) < 4.78 is 6.08. The normalized spacial score (nSPS) is 16.8. The van der Waals surface area contributed by atoms with Crippen LogP contribution in [0.4, 0.5) is 0 Å². The first-order chi connectivity index (χ1) is 10.4. The standard InChI is InChI=1S/C19H23NO2/c1-5-15(14-21)17(11-8-12-20)18(13-19(2,3)4)22-16-9-6-7-10-16/h5-11,14,16H,13H2,1-4H3/b11-8+,15-5-,18-17+. The van der Waals surface area contributed by atoms with Crippen molar-refractivity contribution >= 4 is 6.29 Å². The molecular weight excluding hydrogens is 274 g/mol. The Morgan fingerprint density at radius 2 is 1.95 bits per heavy atom. The maximum atomic E-state index is 11.3. The summed E-state index contributed by atoms with van der Waals surface area (Å²) in [6.45, 7) is 8.13. The van der Waals surface area contributed by atoms with Crippen molar-refractivity contribution in [3.05, 3.63) is 59.4 Å². The Morgan fingerprint density at radius 3 is 2.41 bits per heavy atom. The lowest BCUT2D eigenvalue weighted by molar-refractivity contribution is -0.104. The Bertz CT molecular complexity index is 578. The zero-order chi connectivity index (χ0) is 16.6. The van der Waals surface area contributed by atoms with Crippen molar-refractivity contribution in [1.29, 1.82) is 5.26 Å². The van der Waals surface area contributed by atoms with Crippen molar-refractivity contribution in [3.63, 3.8) is 0 Å². The van der Waals surface area contributed by atoms with Gasteiger partial charge in [-0.1, -0.05) is 39.0 Å². The van der Waals surface area contributed by atoms with E-state index in [0.29, 0.717) is 17.6 Å². The molecule has 0 spiro atoms. The van der Waals surface area contributed by atoms with E-state index >= 15 is 0 Å². The smallest absolute Gasteiger partial charge is 0.150 e. The van der Waals surface area contributed by atoms with E-state index in [9.17, 15) is 4.79 Å². The van der Waals surface area contributed by atoms with Gasteiger partial charge in [-0.15, -0.1) is 0 Å². The van der Waals surface area contributed by atoms with E-state index in [-0.39, 0.29) is 11.5 Å². The van der Waals surface area contributed by atoms with Crippen LogP contribution in [0.3, 0.4) is 0 Å². The SMILES string of the molecule is C\C=C(C=O)/C(/C=C/C#N)=C(\CC(C)(C)C)OC1C=CC=C1. The zero-order valence-electron chi connectivity index (χ0n) is 13.7. The molecule has 1 aliphatic carbocycles. The molecule has 0 bridgehead atoms. The van der Waals surface area contributed by atoms with Crippen LogP contribution in [0.25, 0.3) is 0 Å². The van der Waals surface area contributed by atoms with Crippen molar-refractivity contribution in [2.45, 2.75) is 40.2 Å². The Kier molecular flexibility index (Phi) is 6.59. The second kappa shape index (κ2) is 8.19. The fraction of sp³-hybridized carbons (Fsp3) is 0.368. The summed E-state index contributed by atoms with van der Waals surface area (Å²) in [4.78, 5) is 11.3. The molecule has 0 N–H and O–H groups in total. The van der Waals surface area contributed by atoms with E-state index in [4.69, 9.17) is 10.00 Å². The van der Waals surface area contributed by atoms with Crippen LogP contribution < -0.4 is 0 Å². The van der Waals surface area contributed by atoms with Crippen LogP contribution in [-0.4, -0.2) is 12.4 Å². The van der Waals surface area contributed by atoms with Gasteiger partial charge in [0.15, 0.2) is 0 Å². The van der Waals surface area contributed by atoms with Crippen molar-refractivity contribution in [2.24, 2.45) is 5.41 Å². The van der Waals surface area contributed by atoms with Crippen LogP contribution >= 0.6 is 0 Å². The third-order valence-electron chi connectivity index (χ3n) is 3.06. The van der Waals surface area contributed by atoms with Gasteiger partial charge in [0.05, 0.1) is 6.07 Å². The number of allylic oxidation sites excluding steroid dienone is 8. The summed E-state index contributed by atoms with van der Waals surface area (Å²) in [6, 6.07) is 1.97. The maximum Gasteiger partial charge on any atom is 0.150 e. The summed E-state index contributed by atoms with van der Waals surface area (Å²) in [5.41, 5.74) is 1.19. The molecule has 0 fully saturated rings. The van der Waals surface area contributed by atoms with Crippen LogP contribution in [0, 0.1) is 16.7 Å². The lowest BCUT2D eigenvalue weighted by Crippen LogP contribution is -2.14. The second-order valence-electron chi connectivity index (χ2n) is 6.25. The topological polar surface area (TPSA) is 50.1 Å². The van der Waals surface area contributed by atoms with Gasteiger partial charge in [0.25, 0.3) is 0 Å². The van der Waals surface area contributed by atoms with Crippen molar-refractivity contribution in [3.8, 4) is 6.07 Å². The number of nitriles is 1. The van der Waals surface area contributed by atoms with Crippen LogP contribution in [0.15, 0.2) is 59.4 Å². The van der Waals surface area contributed by atoms with E-state index in [1.165, 1.54) is 6.08 Å². The first-order valence-corrected chi connectivity index (χ1v) is 7.34. The largest absolute Gasteiger partial charge is 0.486 e. The molecule has 0 aliphatic heterocycles. The fourth-order valence-corrected chi connectivity index (χ4v) is 2.09. The molecular formula is C19H23NO2. The van der Waals surface area contributed by atoms with Gasteiger partial charge in [-0.3, -0.25) is 4.79 Å². The van der Waals surface area contributed by atoms with Crippen molar-refractivity contribution < 1.29 is 9.53 Å². The molecule has 0 unspecified atom stereocenters. The highest BCUT2D eigenvalue weighted by molar-refractivity contribution is 5.82. The Hall–Kier alpha value is -2.34. The Morgan fingerprint density at radius 1 is 1.32 bits per heavy atom. The summed E-state index contributed by atoms with van der Waals surface area (Å²) in [5, 5.41) is 8.81. The monoisotopic (exact) mass is 297 g/mol. The van der Waals surface area contributed by atoms with Gasteiger partial charge < -0.3 is 4.74 Å². The van der Waals surface area contributed by atoms with Crippen LogP contribution in [0.1, 0.15) is 34.1 Å². The summed E-state index contributed by atoms with van der Waals surface area (Å²) in [5.74, 6) is 0.723. The van der Waals surface area contributed by atoms with E-state index in [0.717, 1.165) is 12.0 Å². The predicted octanol–water partition coefficient (Wildman–Crippen LogP) is 4.41. The lowest BCUT2D eigenvalue weighted by atomic mass is 9.88. The van der Waals surface area contributed by atoms with Crippen LogP contribution in [-0.2, 0) is 9.53 Å². The second-order valence-corrected chi connectivity index (χ2v) is 6.25. The zero-order valence-corrected chi connectivity index (χ0v) is 13.7. The molecule has 1 aliphatic rings. The van der Waals surface area contributed by atoms with Gasteiger partial charge in [0.1, 0.15) is 18.1 Å². The van der Waals surface area contributed by atoms with Crippen LogP contribution in [0.2, 0.25) is 0 Å².